The van der Waals surface area contributed by atoms with Gasteiger partial charge in [-0.25, -0.2) is 19.6 Å². The monoisotopic (exact) mass is 402 g/mol. The molecule has 0 fully saturated rings. The maximum Gasteiger partial charge on any atom is 0.338 e. The first kappa shape index (κ1) is 23.3. The van der Waals surface area contributed by atoms with E-state index in [-0.39, 0.29) is 16.9 Å². The van der Waals surface area contributed by atoms with Crippen LogP contribution in [0.2, 0.25) is 0 Å². The maximum absolute atomic E-state index is 13.7. The largest absolute Gasteiger partial charge is 0.481 e. The number of rotatable bonds is 4. The van der Waals surface area contributed by atoms with Crippen molar-refractivity contribution in [2.75, 3.05) is 16.9 Å². The lowest BCUT2D eigenvalue weighted by molar-refractivity contribution is -0.134. The Bertz CT molecular complexity index is 888. The Morgan fingerprint density at radius 2 is 1.90 bits per heavy atom. The molecular formula is C19H23FN6O3. The molecule has 9 nitrogen and oxygen atoms in total. The summed E-state index contributed by atoms with van der Waals surface area (Å²) in [5, 5.41) is 20.3. The van der Waals surface area contributed by atoms with Gasteiger partial charge in [-0.1, -0.05) is 32.9 Å². The van der Waals surface area contributed by atoms with Gasteiger partial charge in [-0.3, -0.25) is 9.80 Å². The number of carbonyl (C=O) groups excluding carboxylic acids is 1. The first-order chi connectivity index (χ1) is 13.5. The molecule has 0 aliphatic carbocycles. The van der Waals surface area contributed by atoms with Gasteiger partial charge in [0.2, 0.25) is 5.82 Å². The number of nitriles is 1. The summed E-state index contributed by atoms with van der Waals surface area (Å²) in [4.78, 5) is 29.2. The predicted molar refractivity (Wildman–Crippen MR) is 105 cm³/mol. The number of anilines is 2. The number of benzene rings is 1. The molecule has 0 atom stereocenters. The molecule has 0 saturated heterocycles. The van der Waals surface area contributed by atoms with Crippen molar-refractivity contribution in [3.63, 3.8) is 0 Å². The van der Waals surface area contributed by atoms with Crippen LogP contribution < -0.4 is 15.8 Å². The second-order valence-corrected chi connectivity index (χ2v) is 7.06. The minimum Gasteiger partial charge on any atom is -0.481 e. The molecule has 1 heterocycles. The number of carboxylic acids is 1. The maximum atomic E-state index is 13.7. The van der Waals surface area contributed by atoms with Crippen molar-refractivity contribution >= 4 is 23.5 Å². The van der Waals surface area contributed by atoms with Crippen molar-refractivity contribution in [3.05, 3.63) is 48.2 Å². The van der Waals surface area contributed by atoms with E-state index >= 15 is 0 Å². The number of carbonyl (C=O) groups is 2. The van der Waals surface area contributed by atoms with Crippen LogP contribution in [0.1, 0.15) is 33.5 Å². The fraction of sp³-hybridized carbons (Fsp3) is 0.316. The van der Waals surface area contributed by atoms with E-state index in [1.807, 2.05) is 26.8 Å². The molecule has 1 aromatic carbocycles. The summed E-state index contributed by atoms with van der Waals surface area (Å²) < 4.78 is 13.7. The number of urea groups is 1. The Morgan fingerprint density at radius 1 is 1.28 bits per heavy atom. The standard InChI is InChI=1S/C17H19FN6O.C2H4O2/c1-17(2,3)11-24(15-8-9-20-14(10-19)22-15)23-16(25)21-13-7-5-4-6-12(13)18;1-2(3)4/h4-9H,11H2,1-3H3,(H2,21,23,25);1H3,(H,3,4). The molecule has 2 amide bonds. The van der Waals surface area contributed by atoms with Gasteiger partial charge in [0.25, 0.3) is 5.97 Å². The number of amides is 2. The Morgan fingerprint density at radius 3 is 2.45 bits per heavy atom. The van der Waals surface area contributed by atoms with Gasteiger partial charge < -0.3 is 10.4 Å². The van der Waals surface area contributed by atoms with Crippen LogP contribution in [0.25, 0.3) is 0 Å². The van der Waals surface area contributed by atoms with Crippen molar-refractivity contribution in [1.82, 2.24) is 15.4 Å². The summed E-state index contributed by atoms with van der Waals surface area (Å²) >= 11 is 0. The van der Waals surface area contributed by atoms with E-state index in [0.29, 0.717) is 12.4 Å². The molecule has 0 spiro atoms. The number of halogens is 1. The number of nitrogens with one attached hydrogen (secondary N) is 2. The number of carboxylic acid groups (broad SMARTS) is 1. The Kier molecular flexibility index (Phi) is 8.48. The highest BCUT2D eigenvalue weighted by Crippen LogP contribution is 2.19. The molecule has 10 heteroatoms. The summed E-state index contributed by atoms with van der Waals surface area (Å²) in [6.45, 7) is 7.47. The van der Waals surface area contributed by atoms with Gasteiger partial charge in [0, 0.05) is 25.7 Å². The van der Waals surface area contributed by atoms with Gasteiger partial charge in [0.05, 0.1) is 5.69 Å². The molecule has 0 aliphatic heterocycles. The fourth-order valence-corrected chi connectivity index (χ4v) is 2.04. The molecule has 1 aromatic heterocycles. The van der Waals surface area contributed by atoms with Gasteiger partial charge in [-0.05, 0) is 17.5 Å². The van der Waals surface area contributed by atoms with E-state index in [0.717, 1.165) is 6.92 Å². The number of nitrogens with zero attached hydrogens (tertiary/aromatic N) is 4. The molecule has 0 aliphatic rings. The van der Waals surface area contributed by atoms with Crippen molar-refractivity contribution in [3.8, 4) is 6.07 Å². The second kappa shape index (κ2) is 10.6. The van der Waals surface area contributed by atoms with Crippen LogP contribution in [0.5, 0.6) is 0 Å². The number of hydrazine groups is 1. The zero-order valence-electron chi connectivity index (χ0n) is 16.6. The molecule has 154 valence electrons. The normalized spacial score (nSPS) is 10.1. The quantitative estimate of drug-likeness (QED) is 0.669. The van der Waals surface area contributed by atoms with Gasteiger partial charge >= 0.3 is 6.03 Å². The predicted octanol–water partition coefficient (Wildman–Crippen LogP) is 3.17. The third kappa shape index (κ3) is 9.14. The van der Waals surface area contributed by atoms with E-state index in [1.54, 1.807) is 12.1 Å². The zero-order chi connectivity index (χ0) is 22.0. The Labute approximate surface area is 168 Å². The minimum absolute atomic E-state index is 0.00674. The molecule has 0 saturated carbocycles. The third-order valence-electron chi connectivity index (χ3n) is 3.01. The molecule has 0 radical (unpaired) electrons. The van der Waals surface area contributed by atoms with E-state index in [1.165, 1.54) is 29.4 Å². The van der Waals surface area contributed by atoms with Crippen LogP contribution in [-0.2, 0) is 4.79 Å². The first-order valence-electron chi connectivity index (χ1n) is 8.54. The lowest BCUT2D eigenvalue weighted by Gasteiger charge is -2.30. The van der Waals surface area contributed by atoms with Crippen molar-refractivity contribution in [1.29, 1.82) is 5.26 Å². The number of aromatic nitrogens is 2. The number of para-hydroxylation sites is 1. The molecule has 0 unspecified atom stereocenters. The average molecular weight is 402 g/mol. The highest BCUT2D eigenvalue weighted by atomic mass is 19.1. The Hall–Kier alpha value is -3.74. The van der Waals surface area contributed by atoms with E-state index in [2.05, 4.69) is 20.7 Å². The minimum atomic E-state index is -0.833. The Balaban J connectivity index is 0.000000960. The smallest absolute Gasteiger partial charge is 0.338 e. The summed E-state index contributed by atoms with van der Waals surface area (Å²) in [5.41, 5.74) is 2.52. The zero-order valence-corrected chi connectivity index (χ0v) is 16.6. The lowest BCUT2D eigenvalue weighted by atomic mass is 9.97. The van der Waals surface area contributed by atoms with E-state index in [9.17, 15) is 9.18 Å². The van der Waals surface area contributed by atoms with Crippen LogP contribution in [0.4, 0.5) is 20.7 Å². The third-order valence-corrected chi connectivity index (χ3v) is 3.01. The van der Waals surface area contributed by atoms with Crippen LogP contribution in [0.3, 0.4) is 0 Å². The van der Waals surface area contributed by atoms with Crippen molar-refractivity contribution in [2.24, 2.45) is 5.41 Å². The lowest BCUT2D eigenvalue weighted by Crippen LogP contribution is -2.48. The van der Waals surface area contributed by atoms with Gasteiger partial charge in [0.15, 0.2) is 5.82 Å². The van der Waals surface area contributed by atoms with Crippen molar-refractivity contribution < 1.29 is 19.1 Å². The van der Waals surface area contributed by atoms with Gasteiger partial charge in [-0.15, -0.1) is 0 Å². The highest BCUT2D eigenvalue weighted by molar-refractivity contribution is 5.90. The van der Waals surface area contributed by atoms with Crippen LogP contribution in [0, 0.1) is 22.6 Å². The average Bonchev–Trinajstić information content (AvgIpc) is 2.61. The number of hydrogen-bond acceptors (Lipinski definition) is 6. The van der Waals surface area contributed by atoms with Gasteiger partial charge in [-0.2, -0.15) is 10.2 Å². The molecule has 29 heavy (non-hydrogen) atoms. The second-order valence-electron chi connectivity index (χ2n) is 7.06. The molecule has 3 N–H and O–H groups in total. The first-order valence-corrected chi connectivity index (χ1v) is 8.54. The summed E-state index contributed by atoms with van der Waals surface area (Å²) in [6, 6.07) is 8.69. The molecule has 0 bridgehead atoms. The highest BCUT2D eigenvalue weighted by Gasteiger charge is 2.20. The fourth-order valence-electron chi connectivity index (χ4n) is 2.04. The molecular weight excluding hydrogens is 379 g/mol. The van der Waals surface area contributed by atoms with E-state index in [4.69, 9.17) is 15.2 Å². The number of hydrogen-bond donors (Lipinski definition) is 3. The van der Waals surface area contributed by atoms with Crippen LogP contribution in [-0.4, -0.2) is 33.6 Å². The number of aliphatic carboxylic acids is 1. The van der Waals surface area contributed by atoms with E-state index < -0.39 is 17.8 Å². The van der Waals surface area contributed by atoms with Crippen LogP contribution in [0.15, 0.2) is 36.5 Å². The van der Waals surface area contributed by atoms with Crippen molar-refractivity contribution in [2.45, 2.75) is 27.7 Å². The summed E-state index contributed by atoms with van der Waals surface area (Å²) in [7, 11) is 0. The van der Waals surface area contributed by atoms with Crippen LogP contribution >= 0.6 is 0 Å². The summed E-state index contributed by atoms with van der Waals surface area (Å²) in [6.07, 6.45) is 1.44. The van der Waals surface area contributed by atoms with Gasteiger partial charge in [0.1, 0.15) is 11.9 Å². The molecule has 2 aromatic rings. The molecule has 2 rings (SSSR count). The summed E-state index contributed by atoms with van der Waals surface area (Å²) in [5.74, 6) is -1.01. The SMILES string of the molecule is CC(=O)O.CC(C)(C)CN(NC(=O)Nc1ccccc1F)c1ccnc(C#N)n1. The topological polar surface area (TPSA) is 131 Å².